The summed E-state index contributed by atoms with van der Waals surface area (Å²) in [5, 5.41) is -0.107. The van der Waals surface area contributed by atoms with Gasteiger partial charge in [-0.15, -0.1) is 0 Å². The van der Waals surface area contributed by atoms with Gasteiger partial charge in [0.05, 0.1) is 5.92 Å². The molecule has 1 heterocycles. The van der Waals surface area contributed by atoms with E-state index < -0.39 is 11.8 Å². The number of benzene rings is 1. The molecule has 0 spiro atoms. The van der Waals surface area contributed by atoms with E-state index in [0.717, 1.165) is 22.2 Å². The maximum Gasteiger partial charge on any atom is 0.217 e. The summed E-state index contributed by atoms with van der Waals surface area (Å²) in [6.45, 7) is 0. The van der Waals surface area contributed by atoms with Crippen LogP contribution in [0.5, 0.6) is 0 Å². The fourth-order valence-electron chi connectivity index (χ4n) is 1.99. The predicted octanol–water partition coefficient (Wildman–Crippen LogP) is 1.28. The average molecular weight is 304 g/mol. The largest absolute Gasteiger partial charge is 0.398 e. The van der Waals surface area contributed by atoms with Crippen molar-refractivity contribution in [3.63, 3.8) is 0 Å². The number of carbonyl (C=O) groups excluding carboxylic acids is 2. The van der Waals surface area contributed by atoms with Crippen LogP contribution in [0.15, 0.2) is 22.7 Å². The van der Waals surface area contributed by atoms with Crippen LogP contribution in [0.2, 0.25) is 0 Å². The summed E-state index contributed by atoms with van der Waals surface area (Å²) in [5.41, 5.74) is 7.23. The molecule has 5 heteroatoms. The molecule has 0 aliphatic carbocycles. The molecule has 1 aromatic carbocycles. The second-order valence-electron chi connectivity index (χ2n) is 4.01. The van der Waals surface area contributed by atoms with Gasteiger partial charge in [0.15, 0.2) is 0 Å². The van der Waals surface area contributed by atoms with E-state index in [1.807, 2.05) is 12.1 Å². The predicted molar refractivity (Wildman–Crippen MR) is 74.0 cm³/mol. The molecule has 0 saturated carbocycles. The van der Waals surface area contributed by atoms with Crippen molar-refractivity contribution >= 4 is 44.3 Å². The quantitative estimate of drug-likeness (QED) is 0.628. The molecule has 1 aliphatic rings. The lowest BCUT2D eigenvalue weighted by atomic mass is 9.92. The third-order valence-electron chi connectivity index (χ3n) is 2.91. The summed E-state index contributed by atoms with van der Waals surface area (Å²) < 4.78 is 0.785. The summed E-state index contributed by atoms with van der Waals surface area (Å²) in [6, 6.07) is 5.45. The monoisotopic (exact) mass is 303 g/mol. The lowest BCUT2D eigenvalue weighted by molar-refractivity contribution is -0.133. The Morgan fingerprint density at radius 2 is 2.12 bits per heavy atom. The molecule has 3 nitrogen and oxygen atoms in total. The molecular formula is C11H14BrNO2S. The summed E-state index contributed by atoms with van der Waals surface area (Å²) in [6.07, 6.45) is 0.813. The van der Waals surface area contributed by atoms with Gasteiger partial charge in [-0.1, -0.05) is 6.07 Å². The van der Waals surface area contributed by atoms with E-state index in [-0.39, 0.29) is 16.8 Å². The van der Waals surface area contributed by atoms with Crippen molar-refractivity contribution in [1.82, 2.24) is 0 Å². The van der Waals surface area contributed by atoms with Crippen molar-refractivity contribution in [2.24, 2.45) is 0 Å². The molecule has 0 aromatic heterocycles. The normalized spacial score (nSPS) is 21.7. The first-order valence-electron chi connectivity index (χ1n) is 5.21. The third-order valence-corrected chi connectivity index (χ3v) is 5.17. The van der Waals surface area contributed by atoms with Crippen molar-refractivity contribution in [2.75, 3.05) is 11.5 Å². The standard InChI is InChI=1S/C11H14BrNO2S/c12-8-5-6(1-2-9(8)13)7-3-4-16-11(15)10(7)14/h1-2,5,7H,3-4,13H2,16H4. The van der Waals surface area contributed by atoms with Crippen LogP contribution in [0.25, 0.3) is 0 Å². The highest BCUT2D eigenvalue weighted by atomic mass is 79.9. The third kappa shape index (κ3) is 2.15. The highest BCUT2D eigenvalue weighted by Gasteiger charge is 2.29. The molecule has 0 radical (unpaired) electrons. The van der Waals surface area contributed by atoms with Gasteiger partial charge < -0.3 is 5.73 Å². The topological polar surface area (TPSA) is 60.2 Å². The van der Waals surface area contributed by atoms with Gasteiger partial charge in [-0.25, -0.2) is 0 Å². The Morgan fingerprint density at radius 1 is 1.38 bits per heavy atom. The second kappa shape index (κ2) is 4.59. The molecule has 1 aromatic rings. The van der Waals surface area contributed by atoms with Gasteiger partial charge >= 0.3 is 0 Å². The van der Waals surface area contributed by atoms with Crippen LogP contribution in [-0.2, 0) is 9.59 Å². The van der Waals surface area contributed by atoms with E-state index in [9.17, 15) is 9.59 Å². The van der Waals surface area contributed by atoms with Gasteiger partial charge in [0.25, 0.3) is 0 Å². The van der Waals surface area contributed by atoms with Crippen molar-refractivity contribution in [3.8, 4) is 0 Å². The van der Waals surface area contributed by atoms with Crippen LogP contribution in [0.3, 0.4) is 0 Å². The molecule has 1 fully saturated rings. The van der Waals surface area contributed by atoms with Crippen LogP contribution in [0.1, 0.15) is 17.9 Å². The van der Waals surface area contributed by atoms with Gasteiger partial charge in [0, 0.05) is 10.2 Å². The van der Waals surface area contributed by atoms with E-state index in [1.54, 1.807) is 6.07 Å². The van der Waals surface area contributed by atoms with Gasteiger partial charge in [-0.3, -0.25) is 21.4 Å². The number of rotatable bonds is 1. The summed E-state index contributed by atoms with van der Waals surface area (Å²) >= 11 is 2.54. The van der Waals surface area contributed by atoms with E-state index in [4.69, 9.17) is 5.73 Å². The molecule has 1 saturated heterocycles. The highest BCUT2D eigenvalue weighted by Crippen LogP contribution is 2.32. The first-order valence-corrected chi connectivity index (χ1v) is 7.71. The Hall–Kier alpha value is -0.810. The number of nitrogens with two attached hydrogens (primary N) is 1. The lowest BCUT2D eigenvalue weighted by Crippen LogP contribution is -2.25. The maximum atomic E-state index is 11.8. The van der Waals surface area contributed by atoms with Crippen molar-refractivity contribution < 1.29 is 9.59 Å². The van der Waals surface area contributed by atoms with E-state index in [2.05, 4.69) is 15.9 Å². The van der Waals surface area contributed by atoms with Crippen LogP contribution < -0.4 is 5.73 Å². The molecule has 2 N–H and O–H groups in total. The Balaban J connectivity index is 2.32. The van der Waals surface area contributed by atoms with Crippen molar-refractivity contribution in [1.29, 1.82) is 0 Å². The Kier molecular flexibility index (Phi) is 3.35. The number of hydrogen-bond acceptors (Lipinski definition) is 3. The first kappa shape index (κ1) is 11.7. The summed E-state index contributed by atoms with van der Waals surface area (Å²) in [7, 11) is 0. The van der Waals surface area contributed by atoms with Crippen molar-refractivity contribution in [3.05, 3.63) is 28.2 Å². The minimum absolute atomic E-state index is 0.107. The number of anilines is 1. The number of hydrogen-bond donors (Lipinski definition) is 1. The first-order chi connectivity index (χ1) is 7.59. The number of ketones is 1. The van der Waals surface area contributed by atoms with Crippen molar-refractivity contribution in [2.45, 2.75) is 12.3 Å². The molecule has 1 unspecified atom stereocenters. The zero-order valence-electron chi connectivity index (χ0n) is 8.70. The van der Waals surface area contributed by atoms with E-state index in [0.29, 0.717) is 5.69 Å². The Bertz CT molecular complexity index is 461. The van der Waals surface area contributed by atoms with Gasteiger partial charge in [-0.05, 0) is 45.8 Å². The fourth-order valence-corrected chi connectivity index (χ4v) is 3.82. The number of Topliss-reactive ketones (excluding diaryl/α,β-unsaturated/α-hetero) is 1. The molecule has 16 heavy (non-hydrogen) atoms. The maximum absolute atomic E-state index is 11.8. The summed E-state index contributed by atoms with van der Waals surface area (Å²) in [4.78, 5) is 23.2. The smallest absolute Gasteiger partial charge is 0.217 e. The number of halogens is 1. The molecule has 2 rings (SSSR count). The summed E-state index contributed by atoms with van der Waals surface area (Å²) in [5.74, 6) is 0.484. The molecule has 0 amide bonds. The zero-order chi connectivity index (χ0) is 11.7. The fraction of sp³-hybridized carbons (Fsp3) is 0.273. The molecular weight excluding hydrogens is 290 g/mol. The van der Waals surface area contributed by atoms with Gasteiger partial charge in [-0.2, -0.15) is 0 Å². The Morgan fingerprint density at radius 3 is 2.81 bits per heavy atom. The van der Waals surface area contributed by atoms with E-state index in [1.165, 1.54) is 0 Å². The number of carbonyl (C=O) groups is 2. The highest BCUT2D eigenvalue weighted by molar-refractivity contribution is 9.10. The average Bonchev–Trinajstić information content (AvgIpc) is 2.26. The molecule has 1 aliphatic heterocycles. The van der Waals surface area contributed by atoms with Crippen LogP contribution >= 0.6 is 27.7 Å². The van der Waals surface area contributed by atoms with Crippen LogP contribution in [0, 0.1) is 0 Å². The van der Waals surface area contributed by atoms with Gasteiger partial charge in [0.1, 0.15) is 0 Å². The molecule has 0 bridgehead atoms. The number of nitrogen functional groups attached to an aromatic ring is 1. The zero-order valence-corrected chi connectivity index (χ0v) is 11.7. The van der Waals surface area contributed by atoms with E-state index >= 15 is 0 Å². The second-order valence-corrected chi connectivity index (χ2v) is 6.72. The Labute approximate surface area is 106 Å². The molecule has 1 atom stereocenters. The minimum atomic E-state index is -0.794. The van der Waals surface area contributed by atoms with Gasteiger partial charge in [0.2, 0.25) is 10.9 Å². The SMILES string of the molecule is Nc1ccc(C2CC[SH4]C(=O)C2=O)cc1Br. The van der Waals surface area contributed by atoms with Crippen LogP contribution in [0.4, 0.5) is 5.69 Å². The molecule has 88 valence electrons. The lowest BCUT2D eigenvalue weighted by Gasteiger charge is -2.21. The van der Waals surface area contributed by atoms with Crippen LogP contribution in [-0.4, -0.2) is 16.7 Å². The minimum Gasteiger partial charge on any atom is -0.398 e.